The molecule has 0 amide bonds. The van der Waals surface area contributed by atoms with Gasteiger partial charge in [-0.1, -0.05) is 6.08 Å². The highest BCUT2D eigenvalue weighted by molar-refractivity contribution is 7.80. The van der Waals surface area contributed by atoms with E-state index in [0.29, 0.717) is 37.7 Å². The first kappa shape index (κ1) is 14.4. The lowest BCUT2D eigenvalue weighted by Gasteiger charge is -2.39. The Morgan fingerprint density at radius 2 is 1.89 bits per heavy atom. The maximum atomic E-state index is 12.7. The number of halogens is 3. The van der Waals surface area contributed by atoms with Crippen LogP contribution in [0.15, 0.2) is 11.8 Å². The van der Waals surface area contributed by atoms with E-state index in [1.54, 1.807) is 0 Å². The number of hydrogen-bond acceptors (Lipinski definition) is 2. The molecule has 1 aliphatic heterocycles. The predicted molar refractivity (Wildman–Crippen MR) is 71.4 cm³/mol. The van der Waals surface area contributed by atoms with Crippen molar-refractivity contribution in [2.75, 3.05) is 26.2 Å². The van der Waals surface area contributed by atoms with Gasteiger partial charge in [0.2, 0.25) is 0 Å². The SMILES string of the molecule is NC(=S)N1CCN(C2=CC(C(F)(F)F)CCC2)CC1. The highest BCUT2D eigenvalue weighted by Gasteiger charge is 2.39. The van der Waals surface area contributed by atoms with Gasteiger partial charge in [0, 0.05) is 31.9 Å². The van der Waals surface area contributed by atoms with Crippen LogP contribution in [0.2, 0.25) is 0 Å². The van der Waals surface area contributed by atoms with Crippen molar-refractivity contribution in [1.29, 1.82) is 0 Å². The Hall–Kier alpha value is -0.980. The molecule has 1 unspecified atom stereocenters. The van der Waals surface area contributed by atoms with Crippen molar-refractivity contribution in [3.63, 3.8) is 0 Å². The van der Waals surface area contributed by atoms with Crippen molar-refractivity contribution in [3.05, 3.63) is 11.8 Å². The molecule has 0 aromatic rings. The Labute approximate surface area is 116 Å². The number of nitrogens with two attached hydrogens (primary N) is 1. The molecule has 3 nitrogen and oxygen atoms in total. The summed E-state index contributed by atoms with van der Waals surface area (Å²) in [4.78, 5) is 3.92. The minimum Gasteiger partial charge on any atom is -0.376 e. The fourth-order valence-electron chi connectivity index (χ4n) is 2.64. The second-order valence-corrected chi connectivity index (χ2v) is 5.43. The Balaban J connectivity index is 1.99. The van der Waals surface area contributed by atoms with E-state index in [1.807, 2.05) is 9.80 Å². The molecule has 2 N–H and O–H groups in total. The average molecular weight is 293 g/mol. The Morgan fingerprint density at radius 1 is 1.26 bits per heavy atom. The van der Waals surface area contributed by atoms with Gasteiger partial charge in [-0.3, -0.25) is 0 Å². The van der Waals surface area contributed by atoms with E-state index in [9.17, 15) is 13.2 Å². The fourth-order valence-corrected chi connectivity index (χ4v) is 2.82. The van der Waals surface area contributed by atoms with Gasteiger partial charge < -0.3 is 15.5 Å². The van der Waals surface area contributed by atoms with E-state index < -0.39 is 12.1 Å². The molecule has 1 atom stereocenters. The van der Waals surface area contributed by atoms with Crippen molar-refractivity contribution in [3.8, 4) is 0 Å². The van der Waals surface area contributed by atoms with Crippen LogP contribution in [0.1, 0.15) is 19.3 Å². The number of nitrogens with zero attached hydrogens (tertiary/aromatic N) is 2. The Kier molecular flexibility index (Phi) is 4.23. The zero-order chi connectivity index (χ0) is 14.0. The second kappa shape index (κ2) is 5.56. The lowest BCUT2D eigenvalue weighted by Crippen LogP contribution is -2.50. The summed E-state index contributed by atoms with van der Waals surface area (Å²) >= 11 is 4.90. The molecule has 0 aromatic carbocycles. The molecule has 1 fully saturated rings. The fraction of sp³-hybridized carbons (Fsp3) is 0.750. The molecule has 2 aliphatic rings. The average Bonchev–Trinajstić information content (AvgIpc) is 2.38. The van der Waals surface area contributed by atoms with Gasteiger partial charge in [-0.15, -0.1) is 0 Å². The van der Waals surface area contributed by atoms with Crippen molar-refractivity contribution in [1.82, 2.24) is 9.80 Å². The number of piperazine rings is 1. The molecule has 0 radical (unpaired) electrons. The first-order chi connectivity index (χ1) is 8.88. The summed E-state index contributed by atoms with van der Waals surface area (Å²) in [5.74, 6) is -1.29. The van der Waals surface area contributed by atoms with Gasteiger partial charge in [0.1, 0.15) is 0 Å². The van der Waals surface area contributed by atoms with Gasteiger partial charge in [0.05, 0.1) is 5.92 Å². The summed E-state index contributed by atoms with van der Waals surface area (Å²) in [6.45, 7) is 2.74. The third-order valence-electron chi connectivity index (χ3n) is 3.76. The summed E-state index contributed by atoms with van der Waals surface area (Å²) in [6, 6.07) is 0. The largest absolute Gasteiger partial charge is 0.395 e. The quantitative estimate of drug-likeness (QED) is 0.751. The molecular formula is C12H18F3N3S. The highest BCUT2D eigenvalue weighted by Crippen LogP contribution is 2.36. The molecule has 0 spiro atoms. The maximum Gasteiger partial charge on any atom is 0.395 e. The van der Waals surface area contributed by atoms with Gasteiger partial charge in [-0.2, -0.15) is 13.2 Å². The van der Waals surface area contributed by atoms with E-state index in [-0.39, 0.29) is 6.42 Å². The number of hydrogen-bond donors (Lipinski definition) is 1. The van der Waals surface area contributed by atoms with Crippen LogP contribution in [0.4, 0.5) is 13.2 Å². The summed E-state index contributed by atoms with van der Waals surface area (Å²) in [7, 11) is 0. The summed E-state index contributed by atoms with van der Waals surface area (Å²) in [6.07, 6.45) is -1.17. The molecule has 108 valence electrons. The summed E-state index contributed by atoms with van der Waals surface area (Å²) in [5.41, 5.74) is 6.38. The van der Waals surface area contributed by atoms with Gasteiger partial charge in [-0.05, 0) is 31.5 Å². The van der Waals surface area contributed by atoms with Gasteiger partial charge in [0.25, 0.3) is 0 Å². The van der Waals surface area contributed by atoms with Crippen LogP contribution < -0.4 is 5.73 Å². The van der Waals surface area contributed by atoms with Crippen molar-refractivity contribution in [2.45, 2.75) is 25.4 Å². The molecular weight excluding hydrogens is 275 g/mol. The smallest absolute Gasteiger partial charge is 0.376 e. The van der Waals surface area contributed by atoms with Crippen LogP contribution in [0.5, 0.6) is 0 Å². The zero-order valence-electron chi connectivity index (χ0n) is 10.6. The van der Waals surface area contributed by atoms with Crippen LogP contribution in [0, 0.1) is 5.92 Å². The summed E-state index contributed by atoms with van der Waals surface area (Å²) in [5, 5.41) is 0.366. The third kappa shape index (κ3) is 3.52. The molecule has 2 rings (SSSR count). The van der Waals surface area contributed by atoms with Gasteiger partial charge >= 0.3 is 6.18 Å². The van der Waals surface area contributed by atoms with Crippen molar-refractivity contribution < 1.29 is 13.2 Å². The first-order valence-corrected chi connectivity index (χ1v) is 6.85. The van der Waals surface area contributed by atoms with E-state index in [0.717, 1.165) is 12.1 Å². The van der Waals surface area contributed by atoms with Crippen molar-refractivity contribution in [2.24, 2.45) is 11.7 Å². The Bertz CT molecular complexity index is 373. The molecule has 0 aromatic heterocycles. The van der Waals surface area contributed by atoms with Crippen molar-refractivity contribution >= 4 is 17.3 Å². The molecule has 0 bridgehead atoms. The van der Waals surface area contributed by atoms with E-state index in [1.165, 1.54) is 6.08 Å². The number of allylic oxidation sites excluding steroid dienone is 2. The Morgan fingerprint density at radius 3 is 2.42 bits per heavy atom. The number of rotatable bonds is 1. The molecule has 1 saturated heterocycles. The normalized spacial score (nSPS) is 25.2. The number of alkyl halides is 3. The topological polar surface area (TPSA) is 32.5 Å². The lowest BCUT2D eigenvalue weighted by molar-refractivity contribution is -0.164. The maximum absolute atomic E-state index is 12.7. The van der Waals surface area contributed by atoms with E-state index >= 15 is 0 Å². The molecule has 1 aliphatic carbocycles. The number of thiocarbonyl (C=S) groups is 1. The zero-order valence-corrected chi connectivity index (χ0v) is 11.4. The van der Waals surface area contributed by atoms with E-state index in [2.05, 4.69) is 0 Å². The van der Waals surface area contributed by atoms with Crippen LogP contribution in [0.3, 0.4) is 0 Å². The van der Waals surface area contributed by atoms with Crippen LogP contribution in [-0.4, -0.2) is 47.3 Å². The third-order valence-corrected chi connectivity index (χ3v) is 4.02. The molecule has 19 heavy (non-hydrogen) atoms. The highest BCUT2D eigenvalue weighted by atomic mass is 32.1. The van der Waals surface area contributed by atoms with Crippen LogP contribution in [0.25, 0.3) is 0 Å². The molecule has 1 heterocycles. The minimum absolute atomic E-state index is 0.208. The second-order valence-electron chi connectivity index (χ2n) is 5.01. The first-order valence-electron chi connectivity index (χ1n) is 6.44. The lowest BCUT2D eigenvalue weighted by atomic mass is 9.92. The molecule has 7 heteroatoms. The van der Waals surface area contributed by atoms with Crippen LogP contribution >= 0.6 is 12.2 Å². The monoisotopic (exact) mass is 293 g/mol. The standard InChI is InChI=1S/C12H18F3N3S/c13-12(14,15)9-2-1-3-10(8-9)17-4-6-18(7-5-17)11(16)19/h8-9H,1-7H2,(H2,16,19). The summed E-state index contributed by atoms with van der Waals surface area (Å²) < 4.78 is 38.2. The molecule has 0 saturated carbocycles. The van der Waals surface area contributed by atoms with Crippen LogP contribution in [-0.2, 0) is 0 Å². The van der Waals surface area contributed by atoms with E-state index in [4.69, 9.17) is 18.0 Å². The van der Waals surface area contributed by atoms with Gasteiger partial charge in [-0.25, -0.2) is 0 Å². The minimum atomic E-state index is -4.12. The predicted octanol–water partition coefficient (Wildman–Crippen LogP) is 2.09. The van der Waals surface area contributed by atoms with Gasteiger partial charge in [0.15, 0.2) is 5.11 Å².